The summed E-state index contributed by atoms with van der Waals surface area (Å²) in [5, 5.41) is 3.39. The average Bonchev–Trinajstić information content (AvgIpc) is 2.79. The number of ether oxygens (including phenoxy) is 1. The first kappa shape index (κ1) is 15.6. The molecule has 1 unspecified atom stereocenters. The zero-order chi connectivity index (χ0) is 15.4. The van der Waals surface area contributed by atoms with Crippen LogP contribution in [-0.4, -0.2) is 13.7 Å². The van der Waals surface area contributed by atoms with E-state index in [0.29, 0.717) is 11.3 Å². The van der Waals surface area contributed by atoms with Gasteiger partial charge in [-0.1, -0.05) is 13.0 Å². The summed E-state index contributed by atoms with van der Waals surface area (Å²) in [5.74, 6) is 1.89. The van der Waals surface area contributed by atoms with E-state index in [4.69, 9.17) is 9.15 Å². The SMILES string of the molecule is CCCNC(c1ccc(OC)cc1F)c1cc(C)oc1C. The smallest absolute Gasteiger partial charge is 0.132 e. The molecule has 0 aliphatic carbocycles. The quantitative estimate of drug-likeness (QED) is 0.869. The summed E-state index contributed by atoms with van der Waals surface area (Å²) in [5.41, 5.74) is 1.58. The first-order valence-electron chi connectivity index (χ1n) is 7.20. The van der Waals surface area contributed by atoms with E-state index in [1.807, 2.05) is 19.9 Å². The number of nitrogens with one attached hydrogen (secondary N) is 1. The third kappa shape index (κ3) is 3.45. The van der Waals surface area contributed by atoms with E-state index in [0.717, 1.165) is 30.0 Å². The molecule has 0 spiro atoms. The number of hydrogen-bond acceptors (Lipinski definition) is 3. The van der Waals surface area contributed by atoms with Crippen LogP contribution in [0.1, 0.15) is 42.0 Å². The van der Waals surface area contributed by atoms with Crippen LogP contribution in [0.25, 0.3) is 0 Å². The van der Waals surface area contributed by atoms with Crippen molar-refractivity contribution < 1.29 is 13.5 Å². The van der Waals surface area contributed by atoms with Crippen molar-refractivity contribution in [3.05, 3.63) is 52.7 Å². The molecular formula is C17H22FNO2. The van der Waals surface area contributed by atoms with Crippen LogP contribution in [0.5, 0.6) is 5.75 Å². The van der Waals surface area contributed by atoms with Crippen molar-refractivity contribution >= 4 is 0 Å². The lowest BCUT2D eigenvalue weighted by Gasteiger charge is -2.19. The van der Waals surface area contributed by atoms with E-state index < -0.39 is 0 Å². The van der Waals surface area contributed by atoms with Crippen molar-refractivity contribution in [3.63, 3.8) is 0 Å². The van der Waals surface area contributed by atoms with Gasteiger partial charge in [0.15, 0.2) is 0 Å². The van der Waals surface area contributed by atoms with Gasteiger partial charge in [-0.05, 0) is 38.9 Å². The van der Waals surface area contributed by atoms with Crippen LogP contribution in [0.15, 0.2) is 28.7 Å². The molecule has 0 saturated heterocycles. The van der Waals surface area contributed by atoms with Gasteiger partial charge >= 0.3 is 0 Å². The summed E-state index contributed by atoms with van der Waals surface area (Å²) >= 11 is 0. The zero-order valence-corrected chi connectivity index (χ0v) is 13.0. The van der Waals surface area contributed by atoms with Gasteiger partial charge in [0.2, 0.25) is 0 Å². The normalized spacial score (nSPS) is 12.4. The number of hydrogen-bond donors (Lipinski definition) is 1. The third-order valence-corrected chi connectivity index (χ3v) is 3.51. The van der Waals surface area contributed by atoms with Gasteiger partial charge in [0.25, 0.3) is 0 Å². The third-order valence-electron chi connectivity index (χ3n) is 3.51. The minimum absolute atomic E-state index is 0.215. The predicted octanol–water partition coefficient (Wildman–Crippen LogP) is 4.13. The molecule has 4 heteroatoms. The Balaban J connectivity index is 2.42. The average molecular weight is 291 g/mol. The Kier molecular flexibility index (Phi) is 5.02. The lowest BCUT2D eigenvalue weighted by Crippen LogP contribution is -2.24. The second-order valence-electron chi connectivity index (χ2n) is 5.14. The molecule has 1 aromatic heterocycles. The molecule has 1 atom stereocenters. The Morgan fingerprint density at radius 1 is 1.24 bits per heavy atom. The molecule has 0 radical (unpaired) electrons. The van der Waals surface area contributed by atoms with Gasteiger partial charge in [-0.3, -0.25) is 0 Å². The Hall–Kier alpha value is -1.81. The minimum Gasteiger partial charge on any atom is -0.497 e. The maximum absolute atomic E-state index is 14.4. The van der Waals surface area contributed by atoms with E-state index in [2.05, 4.69) is 12.2 Å². The van der Waals surface area contributed by atoms with Crippen LogP contribution in [0.3, 0.4) is 0 Å². The van der Waals surface area contributed by atoms with Crippen molar-refractivity contribution in [2.24, 2.45) is 0 Å². The highest BCUT2D eigenvalue weighted by Gasteiger charge is 2.22. The molecule has 0 aliphatic heterocycles. The molecule has 0 amide bonds. The van der Waals surface area contributed by atoms with Crippen molar-refractivity contribution in [1.82, 2.24) is 5.32 Å². The molecule has 0 saturated carbocycles. The topological polar surface area (TPSA) is 34.4 Å². The van der Waals surface area contributed by atoms with E-state index in [-0.39, 0.29) is 11.9 Å². The summed E-state index contributed by atoms with van der Waals surface area (Å²) in [4.78, 5) is 0. The fourth-order valence-electron chi connectivity index (χ4n) is 2.48. The van der Waals surface area contributed by atoms with E-state index in [1.54, 1.807) is 12.1 Å². The maximum Gasteiger partial charge on any atom is 0.132 e. The van der Waals surface area contributed by atoms with Gasteiger partial charge < -0.3 is 14.5 Å². The molecule has 0 bridgehead atoms. The van der Waals surface area contributed by atoms with Gasteiger partial charge in [0.05, 0.1) is 13.2 Å². The fraction of sp³-hybridized carbons (Fsp3) is 0.412. The number of benzene rings is 1. The highest BCUT2D eigenvalue weighted by molar-refractivity contribution is 5.38. The second-order valence-corrected chi connectivity index (χ2v) is 5.14. The predicted molar refractivity (Wildman–Crippen MR) is 81.3 cm³/mol. The van der Waals surface area contributed by atoms with Crippen LogP contribution in [0.4, 0.5) is 4.39 Å². The Morgan fingerprint density at radius 3 is 2.52 bits per heavy atom. The molecule has 1 aromatic carbocycles. The van der Waals surface area contributed by atoms with E-state index in [1.165, 1.54) is 13.2 Å². The summed E-state index contributed by atoms with van der Waals surface area (Å²) < 4.78 is 25.0. The van der Waals surface area contributed by atoms with Crippen LogP contribution in [0.2, 0.25) is 0 Å². The van der Waals surface area contributed by atoms with Crippen LogP contribution < -0.4 is 10.1 Å². The van der Waals surface area contributed by atoms with Crippen LogP contribution in [0, 0.1) is 19.7 Å². The lowest BCUT2D eigenvalue weighted by atomic mass is 9.98. The zero-order valence-electron chi connectivity index (χ0n) is 13.0. The maximum atomic E-state index is 14.4. The van der Waals surface area contributed by atoms with Crippen molar-refractivity contribution in [2.45, 2.75) is 33.2 Å². The monoisotopic (exact) mass is 291 g/mol. The summed E-state index contributed by atoms with van der Waals surface area (Å²) in [6, 6.07) is 6.71. The molecule has 0 fully saturated rings. The number of furan rings is 1. The number of methoxy groups -OCH3 is 1. The summed E-state index contributed by atoms with van der Waals surface area (Å²) in [6.45, 7) is 6.70. The Bertz CT molecular complexity index is 607. The molecule has 0 aliphatic rings. The first-order valence-corrected chi connectivity index (χ1v) is 7.20. The Morgan fingerprint density at radius 2 is 2.00 bits per heavy atom. The number of aryl methyl sites for hydroxylation is 2. The fourth-order valence-corrected chi connectivity index (χ4v) is 2.48. The largest absolute Gasteiger partial charge is 0.497 e. The molecule has 21 heavy (non-hydrogen) atoms. The molecule has 114 valence electrons. The highest BCUT2D eigenvalue weighted by atomic mass is 19.1. The van der Waals surface area contributed by atoms with Gasteiger partial charge in [0.1, 0.15) is 23.1 Å². The second kappa shape index (κ2) is 6.76. The van der Waals surface area contributed by atoms with Crippen molar-refractivity contribution in [3.8, 4) is 5.75 Å². The van der Waals surface area contributed by atoms with Gasteiger partial charge in [-0.25, -0.2) is 4.39 Å². The highest BCUT2D eigenvalue weighted by Crippen LogP contribution is 2.30. The van der Waals surface area contributed by atoms with Gasteiger partial charge in [-0.2, -0.15) is 0 Å². The molecular weight excluding hydrogens is 269 g/mol. The summed E-state index contributed by atoms with van der Waals surface area (Å²) in [7, 11) is 1.53. The minimum atomic E-state index is -0.277. The van der Waals surface area contributed by atoms with E-state index >= 15 is 0 Å². The van der Waals surface area contributed by atoms with Gasteiger partial charge in [0, 0.05) is 17.2 Å². The summed E-state index contributed by atoms with van der Waals surface area (Å²) in [6.07, 6.45) is 0.976. The lowest BCUT2D eigenvalue weighted by molar-refractivity contribution is 0.409. The molecule has 3 nitrogen and oxygen atoms in total. The standard InChI is InChI=1S/C17H22FNO2/c1-5-8-19-17(15-9-11(2)21-12(15)3)14-7-6-13(20-4)10-16(14)18/h6-7,9-10,17,19H,5,8H2,1-4H3. The molecule has 1 heterocycles. The van der Waals surface area contributed by atoms with Crippen LogP contribution >= 0.6 is 0 Å². The van der Waals surface area contributed by atoms with Crippen molar-refractivity contribution in [2.75, 3.05) is 13.7 Å². The van der Waals surface area contributed by atoms with Gasteiger partial charge in [-0.15, -0.1) is 0 Å². The van der Waals surface area contributed by atoms with Crippen LogP contribution in [-0.2, 0) is 0 Å². The molecule has 2 rings (SSSR count). The van der Waals surface area contributed by atoms with Crippen molar-refractivity contribution in [1.29, 1.82) is 0 Å². The number of halogens is 1. The Labute approximate surface area is 125 Å². The molecule has 2 aromatic rings. The molecule has 1 N–H and O–H groups in total. The van der Waals surface area contributed by atoms with E-state index in [9.17, 15) is 4.39 Å². The number of rotatable bonds is 6. The first-order chi connectivity index (χ1) is 10.1.